The van der Waals surface area contributed by atoms with Gasteiger partial charge in [0.25, 0.3) is 0 Å². The zero-order valence-electron chi connectivity index (χ0n) is 12.2. The predicted octanol–water partition coefficient (Wildman–Crippen LogP) is 3.39. The van der Waals surface area contributed by atoms with E-state index >= 15 is 0 Å². The van der Waals surface area contributed by atoms with Gasteiger partial charge in [0.2, 0.25) is 0 Å². The molecule has 1 fully saturated rings. The van der Waals surface area contributed by atoms with E-state index < -0.39 is 0 Å². The van der Waals surface area contributed by atoms with Gasteiger partial charge < -0.3 is 4.74 Å². The maximum atomic E-state index is 11.5. The molecule has 0 heterocycles. The molecule has 0 amide bonds. The lowest BCUT2D eigenvalue weighted by atomic mass is 9.79. The van der Waals surface area contributed by atoms with Gasteiger partial charge in [0.1, 0.15) is 0 Å². The van der Waals surface area contributed by atoms with Crippen molar-refractivity contribution in [1.29, 1.82) is 5.26 Å². The summed E-state index contributed by atoms with van der Waals surface area (Å²) in [4.78, 5) is 11.5. The van der Waals surface area contributed by atoms with Crippen LogP contribution in [0.3, 0.4) is 0 Å². The normalized spacial score (nSPS) is 22.1. The third kappa shape index (κ3) is 3.39. The van der Waals surface area contributed by atoms with E-state index in [1.807, 2.05) is 19.1 Å². The lowest BCUT2D eigenvalue weighted by Gasteiger charge is -2.27. The van der Waals surface area contributed by atoms with Crippen molar-refractivity contribution in [3.05, 3.63) is 34.9 Å². The van der Waals surface area contributed by atoms with Crippen LogP contribution in [0.25, 0.3) is 0 Å². The SMILES string of the molecule is COC(=O)C1CCC(Cc2ccc(C)c(C#N)c2)CC1. The Balaban J connectivity index is 1.93. The number of hydrogen-bond donors (Lipinski definition) is 0. The van der Waals surface area contributed by atoms with Gasteiger partial charge in [0.15, 0.2) is 0 Å². The van der Waals surface area contributed by atoms with Crippen LogP contribution in [0.5, 0.6) is 0 Å². The molecule has 3 heteroatoms. The Morgan fingerprint density at radius 3 is 2.65 bits per heavy atom. The Bertz CT molecular complexity index is 522. The number of carbonyl (C=O) groups excluding carboxylic acids is 1. The molecule has 0 saturated heterocycles. The van der Waals surface area contributed by atoms with E-state index in [4.69, 9.17) is 10.00 Å². The van der Waals surface area contributed by atoms with Gasteiger partial charge in [-0.1, -0.05) is 12.1 Å². The first-order valence-electron chi connectivity index (χ1n) is 7.21. The molecular weight excluding hydrogens is 250 g/mol. The van der Waals surface area contributed by atoms with Gasteiger partial charge >= 0.3 is 5.97 Å². The lowest BCUT2D eigenvalue weighted by Crippen LogP contribution is -2.23. The summed E-state index contributed by atoms with van der Waals surface area (Å²) in [6, 6.07) is 8.38. The molecule has 3 nitrogen and oxygen atoms in total. The number of ether oxygens (including phenoxy) is 1. The minimum absolute atomic E-state index is 0.0643. The molecule has 0 radical (unpaired) electrons. The average Bonchev–Trinajstić information content (AvgIpc) is 2.49. The number of benzene rings is 1. The van der Waals surface area contributed by atoms with Gasteiger partial charge in [-0.05, 0) is 62.1 Å². The zero-order chi connectivity index (χ0) is 14.5. The van der Waals surface area contributed by atoms with Gasteiger partial charge in [-0.3, -0.25) is 4.79 Å². The van der Waals surface area contributed by atoms with Gasteiger partial charge in [0.05, 0.1) is 24.7 Å². The van der Waals surface area contributed by atoms with Crippen molar-refractivity contribution in [3.63, 3.8) is 0 Å². The number of nitriles is 1. The van der Waals surface area contributed by atoms with Crippen molar-refractivity contribution in [1.82, 2.24) is 0 Å². The second-order valence-electron chi connectivity index (χ2n) is 5.71. The molecule has 1 aromatic carbocycles. The van der Waals surface area contributed by atoms with Crippen molar-refractivity contribution in [2.45, 2.75) is 39.0 Å². The third-order valence-electron chi connectivity index (χ3n) is 4.33. The van der Waals surface area contributed by atoms with E-state index in [-0.39, 0.29) is 11.9 Å². The summed E-state index contributed by atoms with van der Waals surface area (Å²) in [7, 11) is 1.46. The van der Waals surface area contributed by atoms with Gasteiger partial charge in [-0.2, -0.15) is 5.26 Å². The van der Waals surface area contributed by atoms with Crippen LogP contribution in [0, 0.1) is 30.1 Å². The number of methoxy groups -OCH3 is 1. The molecule has 1 aliphatic carbocycles. The highest BCUT2D eigenvalue weighted by Crippen LogP contribution is 2.31. The predicted molar refractivity (Wildman–Crippen MR) is 77.1 cm³/mol. The Kier molecular flexibility index (Phi) is 4.79. The van der Waals surface area contributed by atoms with E-state index in [1.54, 1.807) is 0 Å². The Morgan fingerprint density at radius 1 is 1.35 bits per heavy atom. The highest BCUT2D eigenvalue weighted by molar-refractivity contribution is 5.72. The molecule has 0 N–H and O–H groups in total. The second kappa shape index (κ2) is 6.56. The molecule has 1 aliphatic rings. The molecule has 1 aromatic rings. The zero-order valence-corrected chi connectivity index (χ0v) is 12.2. The van der Waals surface area contributed by atoms with Gasteiger partial charge in [-0.15, -0.1) is 0 Å². The smallest absolute Gasteiger partial charge is 0.308 e. The summed E-state index contributed by atoms with van der Waals surface area (Å²) in [5.74, 6) is 0.639. The summed E-state index contributed by atoms with van der Waals surface area (Å²) in [5, 5.41) is 9.07. The largest absolute Gasteiger partial charge is 0.469 e. The monoisotopic (exact) mass is 271 g/mol. The van der Waals surface area contributed by atoms with Crippen LogP contribution in [-0.2, 0) is 16.0 Å². The van der Waals surface area contributed by atoms with Crippen LogP contribution in [-0.4, -0.2) is 13.1 Å². The summed E-state index contributed by atoms with van der Waals surface area (Å²) in [5.41, 5.74) is 3.03. The Hall–Kier alpha value is -1.82. The quantitative estimate of drug-likeness (QED) is 0.792. The highest BCUT2D eigenvalue weighted by Gasteiger charge is 2.26. The number of carbonyl (C=O) groups is 1. The molecule has 0 bridgehead atoms. The Morgan fingerprint density at radius 2 is 2.05 bits per heavy atom. The van der Waals surface area contributed by atoms with Crippen LogP contribution >= 0.6 is 0 Å². The molecule has 20 heavy (non-hydrogen) atoms. The minimum atomic E-state index is -0.0643. The standard InChI is InChI=1S/C17H21NO2/c1-12-3-4-14(10-16(12)11-18)9-13-5-7-15(8-6-13)17(19)20-2/h3-4,10,13,15H,5-9H2,1-2H3. The van der Waals surface area contributed by atoms with Crippen LogP contribution in [0.1, 0.15) is 42.4 Å². The molecular formula is C17H21NO2. The molecule has 106 valence electrons. The van der Waals surface area contributed by atoms with E-state index in [0.717, 1.165) is 43.2 Å². The van der Waals surface area contributed by atoms with E-state index in [2.05, 4.69) is 12.1 Å². The Labute approximate surface area is 120 Å². The molecule has 0 atom stereocenters. The van der Waals surface area contributed by atoms with E-state index in [1.165, 1.54) is 12.7 Å². The first-order valence-corrected chi connectivity index (χ1v) is 7.21. The number of rotatable bonds is 3. The maximum Gasteiger partial charge on any atom is 0.308 e. The van der Waals surface area contributed by atoms with E-state index in [0.29, 0.717) is 5.92 Å². The topological polar surface area (TPSA) is 50.1 Å². The fourth-order valence-corrected chi connectivity index (χ4v) is 3.02. The van der Waals surface area contributed by atoms with Crippen molar-refractivity contribution in [2.24, 2.45) is 11.8 Å². The van der Waals surface area contributed by atoms with Crippen LogP contribution in [0.15, 0.2) is 18.2 Å². The van der Waals surface area contributed by atoms with Crippen LogP contribution < -0.4 is 0 Å². The lowest BCUT2D eigenvalue weighted by molar-refractivity contribution is -0.146. The molecule has 0 aromatic heterocycles. The summed E-state index contributed by atoms with van der Waals surface area (Å²) in [6.07, 6.45) is 4.98. The van der Waals surface area contributed by atoms with Crippen LogP contribution in [0.4, 0.5) is 0 Å². The van der Waals surface area contributed by atoms with Gasteiger partial charge in [0, 0.05) is 0 Å². The van der Waals surface area contributed by atoms with Crippen molar-refractivity contribution in [2.75, 3.05) is 7.11 Å². The molecule has 0 unspecified atom stereocenters. The van der Waals surface area contributed by atoms with Crippen molar-refractivity contribution >= 4 is 5.97 Å². The minimum Gasteiger partial charge on any atom is -0.469 e. The molecule has 2 rings (SSSR count). The molecule has 0 aliphatic heterocycles. The van der Waals surface area contributed by atoms with Gasteiger partial charge in [-0.25, -0.2) is 0 Å². The number of nitrogens with zero attached hydrogens (tertiary/aromatic N) is 1. The third-order valence-corrected chi connectivity index (χ3v) is 4.33. The van der Waals surface area contributed by atoms with E-state index in [9.17, 15) is 4.79 Å². The second-order valence-corrected chi connectivity index (χ2v) is 5.71. The number of hydrogen-bond acceptors (Lipinski definition) is 3. The first-order chi connectivity index (χ1) is 9.63. The van der Waals surface area contributed by atoms with Crippen molar-refractivity contribution < 1.29 is 9.53 Å². The fraction of sp³-hybridized carbons (Fsp3) is 0.529. The number of aryl methyl sites for hydroxylation is 1. The summed E-state index contributed by atoms with van der Waals surface area (Å²) >= 11 is 0. The fourth-order valence-electron chi connectivity index (χ4n) is 3.02. The maximum absolute atomic E-state index is 11.5. The summed E-state index contributed by atoms with van der Waals surface area (Å²) < 4.78 is 4.81. The molecule has 1 saturated carbocycles. The average molecular weight is 271 g/mol. The highest BCUT2D eigenvalue weighted by atomic mass is 16.5. The van der Waals surface area contributed by atoms with Crippen molar-refractivity contribution in [3.8, 4) is 6.07 Å². The number of esters is 1. The van der Waals surface area contributed by atoms with Crippen LogP contribution in [0.2, 0.25) is 0 Å². The first kappa shape index (κ1) is 14.6. The molecule has 0 spiro atoms. The summed E-state index contributed by atoms with van der Waals surface area (Å²) in [6.45, 7) is 1.96.